The van der Waals surface area contributed by atoms with Crippen LogP contribution in [0.3, 0.4) is 0 Å². The van der Waals surface area contributed by atoms with Gasteiger partial charge in [0, 0.05) is 5.92 Å². The summed E-state index contributed by atoms with van der Waals surface area (Å²) >= 11 is 0. The number of nitrogens with one attached hydrogen (secondary N) is 1. The Morgan fingerprint density at radius 3 is 2.56 bits per heavy atom. The number of anilines is 1. The van der Waals surface area contributed by atoms with E-state index in [1.807, 2.05) is 0 Å². The van der Waals surface area contributed by atoms with Gasteiger partial charge in [0.15, 0.2) is 0 Å². The molecule has 0 unspecified atom stereocenters. The molecule has 100 valence electrons. The Hall–Kier alpha value is -1.73. The van der Waals surface area contributed by atoms with E-state index in [2.05, 4.69) is 15.3 Å². The van der Waals surface area contributed by atoms with Gasteiger partial charge in [-0.3, -0.25) is 4.79 Å². The first-order valence-corrected chi connectivity index (χ1v) is 5.57. The summed E-state index contributed by atoms with van der Waals surface area (Å²) in [7, 11) is 0. The van der Waals surface area contributed by atoms with Gasteiger partial charge < -0.3 is 20.3 Å². The van der Waals surface area contributed by atoms with Crippen molar-refractivity contribution in [2.75, 3.05) is 18.5 Å². The smallest absolute Gasteiger partial charge is 0.316 e. The lowest BCUT2D eigenvalue weighted by molar-refractivity contribution is -0.118. The molecule has 3 N–H and O–H groups in total. The van der Waals surface area contributed by atoms with Crippen LogP contribution in [0.15, 0.2) is 12.4 Å². The van der Waals surface area contributed by atoms with Crippen molar-refractivity contribution < 1.29 is 19.7 Å². The molecule has 0 bridgehead atoms. The largest absolute Gasteiger partial charge is 0.461 e. The molecule has 0 aliphatic rings. The molecule has 18 heavy (non-hydrogen) atoms. The van der Waals surface area contributed by atoms with Crippen LogP contribution < -0.4 is 10.1 Å². The minimum atomic E-state index is -0.964. The Morgan fingerprint density at radius 2 is 2.06 bits per heavy atom. The topological polar surface area (TPSA) is 105 Å². The highest BCUT2D eigenvalue weighted by Crippen LogP contribution is 2.09. The van der Waals surface area contributed by atoms with Crippen molar-refractivity contribution in [1.29, 1.82) is 0 Å². The fourth-order valence-electron chi connectivity index (χ4n) is 0.965. The first-order chi connectivity index (χ1) is 8.52. The van der Waals surface area contributed by atoms with E-state index in [4.69, 9.17) is 14.9 Å². The molecule has 0 saturated carbocycles. The number of nitrogens with zero attached hydrogens (tertiary/aromatic N) is 2. The van der Waals surface area contributed by atoms with E-state index in [9.17, 15) is 4.79 Å². The van der Waals surface area contributed by atoms with Crippen molar-refractivity contribution in [2.24, 2.45) is 5.92 Å². The van der Waals surface area contributed by atoms with Gasteiger partial charge in [-0.1, -0.05) is 13.8 Å². The maximum atomic E-state index is 11.4. The fraction of sp³-hybridized carbons (Fsp3) is 0.545. The van der Waals surface area contributed by atoms with Crippen LogP contribution in [0.1, 0.15) is 13.8 Å². The number of amides is 1. The molecule has 0 saturated heterocycles. The number of aromatic nitrogens is 2. The summed E-state index contributed by atoms with van der Waals surface area (Å²) < 4.78 is 5.02. The van der Waals surface area contributed by atoms with E-state index in [1.165, 1.54) is 12.4 Å². The van der Waals surface area contributed by atoms with Gasteiger partial charge in [0.25, 0.3) is 0 Å². The van der Waals surface area contributed by atoms with Crippen LogP contribution in [-0.2, 0) is 4.79 Å². The molecule has 0 spiro atoms. The molecule has 7 nitrogen and oxygen atoms in total. The Labute approximate surface area is 105 Å². The maximum absolute atomic E-state index is 11.4. The zero-order chi connectivity index (χ0) is 13.5. The maximum Gasteiger partial charge on any atom is 0.316 e. The molecule has 0 radical (unpaired) electrons. The molecule has 1 amide bonds. The molecule has 1 atom stereocenters. The Bertz CT molecular complexity index is 380. The van der Waals surface area contributed by atoms with Gasteiger partial charge in [0.05, 0.1) is 24.7 Å². The summed E-state index contributed by atoms with van der Waals surface area (Å²) in [6.07, 6.45) is 1.86. The minimum Gasteiger partial charge on any atom is -0.461 e. The molecule has 0 fully saturated rings. The minimum absolute atomic E-state index is 0.0741. The third-order valence-corrected chi connectivity index (χ3v) is 2.04. The molecular weight excluding hydrogens is 238 g/mol. The predicted molar refractivity (Wildman–Crippen MR) is 64.1 cm³/mol. The van der Waals surface area contributed by atoms with E-state index in [-0.39, 0.29) is 31.0 Å². The van der Waals surface area contributed by atoms with Gasteiger partial charge in [-0.15, -0.1) is 0 Å². The van der Waals surface area contributed by atoms with Crippen LogP contribution in [0.25, 0.3) is 0 Å². The molecule has 0 aliphatic carbocycles. The molecule has 1 heterocycles. The van der Waals surface area contributed by atoms with Crippen molar-refractivity contribution in [1.82, 2.24) is 9.97 Å². The number of rotatable bonds is 6. The third kappa shape index (κ3) is 4.64. The summed E-state index contributed by atoms with van der Waals surface area (Å²) in [5, 5.41) is 20.3. The van der Waals surface area contributed by atoms with Crippen LogP contribution in [0.4, 0.5) is 5.69 Å². The number of carbonyl (C=O) groups excluding carboxylic acids is 1. The Balaban J connectivity index is 2.50. The van der Waals surface area contributed by atoms with Gasteiger partial charge in [-0.2, -0.15) is 0 Å². The predicted octanol–water partition coefficient (Wildman–Crippen LogP) is -0.197. The monoisotopic (exact) mass is 255 g/mol. The average molecular weight is 255 g/mol. The van der Waals surface area contributed by atoms with Crippen LogP contribution >= 0.6 is 0 Å². The number of hydrogen-bond acceptors (Lipinski definition) is 6. The van der Waals surface area contributed by atoms with Crippen LogP contribution in [-0.4, -0.2) is 45.4 Å². The zero-order valence-electron chi connectivity index (χ0n) is 10.3. The number of carbonyl (C=O) groups is 1. The standard InChI is InChI=1S/C11H17N3O4/c1-7(2)10(17)14-8-3-12-11(13-4-8)18-6-9(16)5-15/h3-4,7,9,15-16H,5-6H2,1-2H3,(H,14,17)/t9-/m1/s1. The van der Waals surface area contributed by atoms with Crippen molar-refractivity contribution in [3.05, 3.63) is 12.4 Å². The molecule has 1 aromatic heterocycles. The first kappa shape index (κ1) is 14.3. The highest BCUT2D eigenvalue weighted by Gasteiger charge is 2.08. The second-order valence-corrected chi connectivity index (χ2v) is 4.05. The fourth-order valence-corrected chi connectivity index (χ4v) is 0.965. The average Bonchev–Trinajstić information content (AvgIpc) is 2.37. The van der Waals surface area contributed by atoms with Gasteiger partial charge in [0.2, 0.25) is 5.91 Å². The van der Waals surface area contributed by atoms with Crippen molar-refractivity contribution in [2.45, 2.75) is 20.0 Å². The summed E-state index contributed by atoms with van der Waals surface area (Å²) in [6.45, 7) is 3.09. The molecular formula is C11H17N3O4. The molecule has 0 aliphatic heterocycles. The van der Waals surface area contributed by atoms with E-state index in [0.29, 0.717) is 5.69 Å². The van der Waals surface area contributed by atoms with Gasteiger partial charge >= 0.3 is 6.01 Å². The van der Waals surface area contributed by atoms with Gasteiger partial charge in [0.1, 0.15) is 12.7 Å². The van der Waals surface area contributed by atoms with Crippen LogP contribution in [0.2, 0.25) is 0 Å². The lowest BCUT2D eigenvalue weighted by Crippen LogP contribution is -2.22. The van der Waals surface area contributed by atoms with Gasteiger partial charge in [-0.05, 0) is 0 Å². The summed E-state index contributed by atoms with van der Waals surface area (Å²) in [5.74, 6) is -0.247. The van der Waals surface area contributed by atoms with Crippen molar-refractivity contribution in [3.8, 4) is 6.01 Å². The van der Waals surface area contributed by atoms with Crippen LogP contribution in [0.5, 0.6) is 6.01 Å². The molecule has 1 rings (SSSR count). The quantitative estimate of drug-likeness (QED) is 0.650. The second-order valence-electron chi connectivity index (χ2n) is 4.05. The number of ether oxygens (including phenoxy) is 1. The Morgan fingerprint density at radius 1 is 1.44 bits per heavy atom. The summed E-state index contributed by atoms with van der Waals surface area (Å²) in [6, 6.07) is 0.0741. The second kappa shape index (κ2) is 6.87. The van der Waals surface area contributed by atoms with E-state index in [0.717, 1.165) is 0 Å². The van der Waals surface area contributed by atoms with Crippen molar-refractivity contribution in [3.63, 3.8) is 0 Å². The van der Waals surface area contributed by atoms with Crippen molar-refractivity contribution >= 4 is 11.6 Å². The molecule has 7 heteroatoms. The molecule has 1 aromatic rings. The zero-order valence-corrected chi connectivity index (χ0v) is 10.3. The first-order valence-electron chi connectivity index (χ1n) is 5.57. The lowest BCUT2D eigenvalue weighted by Gasteiger charge is -2.09. The highest BCUT2D eigenvalue weighted by molar-refractivity contribution is 5.91. The lowest BCUT2D eigenvalue weighted by atomic mass is 10.2. The summed E-state index contributed by atoms with van der Waals surface area (Å²) in [5.41, 5.74) is 0.476. The summed E-state index contributed by atoms with van der Waals surface area (Å²) in [4.78, 5) is 19.1. The van der Waals surface area contributed by atoms with E-state index in [1.54, 1.807) is 13.8 Å². The number of aliphatic hydroxyl groups is 2. The van der Waals surface area contributed by atoms with E-state index >= 15 is 0 Å². The molecule has 0 aromatic carbocycles. The van der Waals surface area contributed by atoms with E-state index < -0.39 is 6.10 Å². The number of aliphatic hydroxyl groups excluding tert-OH is 2. The normalized spacial score (nSPS) is 12.3. The third-order valence-electron chi connectivity index (χ3n) is 2.04. The van der Waals surface area contributed by atoms with Crippen LogP contribution in [0, 0.1) is 5.92 Å². The Kier molecular flexibility index (Phi) is 5.47. The highest BCUT2D eigenvalue weighted by atomic mass is 16.5. The number of hydrogen-bond donors (Lipinski definition) is 3. The SMILES string of the molecule is CC(C)C(=O)Nc1cnc(OC[C@H](O)CO)nc1. The van der Waals surface area contributed by atoms with Gasteiger partial charge in [-0.25, -0.2) is 9.97 Å².